The largest absolute Gasteiger partial charge is 0.355 e. The molecule has 4 heteroatoms. The molecular formula is C30H58O4. The van der Waals surface area contributed by atoms with Gasteiger partial charge in [0.05, 0.1) is 12.8 Å². The van der Waals surface area contributed by atoms with Crippen LogP contribution in [0.1, 0.15) is 181 Å². The van der Waals surface area contributed by atoms with E-state index in [-0.39, 0.29) is 0 Å². The van der Waals surface area contributed by atoms with Crippen molar-refractivity contribution in [1.29, 1.82) is 0 Å². The first-order valence-corrected chi connectivity index (χ1v) is 15.1. The summed E-state index contributed by atoms with van der Waals surface area (Å²) in [5.74, 6) is -0.843. The van der Waals surface area contributed by atoms with E-state index in [1.807, 2.05) is 0 Å². The molecule has 0 N–H and O–H groups in total. The third-order valence-electron chi connectivity index (χ3n) is 6.70. The molecule has 0 aliphatic heterocycles. The predicted molar refractivity (Wildman–Crippen MR) is 144 cm³/mol. The lowest BCUT2D eigenvalue weighted by Gasteiger charge is -2.05. The maximum absolute atomic E-state index is 11.7. The van der Waals surface area contributed by atoms with Gasteiger partial charge in [0, 0.05) is 0 Å². The van der Waals surface area contributed by atoms with Gasteiger partial charge in [-0.15, -0.1) is 0 Å². The van der Waals surface area contributed by atoms with Crippen LogP contribution in [0.15, 0.2) is 0 Å². The van der Waals surface area contributed by atoms with E-state index in [1.54, 1.807) is 0 Å². The van der Waals surface area contributed by atoms with E-state index in [0.717, 1.165) is 25.7 Å². The summed E-state index contributed by atoms with van der Waals surface area (Å²) in [6.45, 7) is 4.51. The van der Waals surface area contributed by atoms with Gasteiger partial charge < -0.3 is 0 Å². The fourth-order valence-corrected chi connectivity index (χ4v) is 4.40. The Morgan fingerprint density at radius 3 is 0.794 bits per heavy atom. The van der Waals surface area contributed by atoms with Crippen LogP contribution >= 0.6 is 0 Å². The van der Waals surface area contributed by atoms with Crippen molar-refractivity contribution < 1.29 is 19.4 Å². The summed E-state index contributed by atoms with van der Waals surface area (Å²) in [6.07, 6.45) is 30.9. The van der Waals surface area contributed by atoms with E-state index in [9.17, 15) is 9.59 Å². The van der Waals surface area contributed by atoms with Crippen LogP contribution in [-0.4, -0.2) is 11.9 Å². The van der Waals surface area contributed by atoms with Crippen LogP contribution in [-0.2, 0) is 19.4 Å². The SMILES string of the molecule is CCCCCCCCCCCCCCCC(=O)OOC(=O)CCCCCCCCCCCCC. The third-order valence-corrected chi connectivity index (χ3v) is 6.70. The van der Waals surface area contributed by atoms with E-state index in [1.165, 1.54) is 128 Å². The van der Waals surface area contributed by atoms with E-state index >= 15 is 0 Å². The number of unbranched alkanes of at least 4 members (excludes halogenated alkanes) is 22. The van der Waals surface area contributed by atoms with Gasteiger partial charge in [0.1, 0.15) is 0 Å². The molecule has 0 bridgehead atoms. The second-order valence-electron chi connectivity index (χ2n) is 10.2. The summed E-state index contributed by atoms with van der Waals surface area (Å²) in [6, 6.07) is 0. The molecule has 0 radical (unpaired) electrons. The first-order valence-electron chi connectivity index (χ1n) is 15.1. The van der Waals surface area contributed by atoms with Gasteiger partial charge in [-0.1, -0.05) is 155 Å². The molecule has 0 spiro atoms. The van der Waals surface area contributed by atoms with Crippen LogP contribution in [0, 0.1) is 0 Å². The average molecular weight is 483 g/mol. The molecular weight excluding hydrogens is 424 g/mol. The highest BCUT2D eigenvalue weighted by Crippen LogP contribution is 2.14. The van der Waals surface area contributed by atoms with Gasteiger partial charge >= 0.3 is 11.9 Å². The van der Waals surface area contributed by atoms with Crippen molar-refractivity contribution in [2.45, 2.75) is 181 Å². The summed E-state index contributed by atoms with van der Waals surface area (Å²) in [5, 5.41) is 0. The molecule has 0 unspecified atom stereocenters. The van der Waals surface area contributed by atoms with Gasteiger partial charge in [-0.3, -0.25) is 0 Å². The Morgan fingerprint density at radius 2 is 0.559 bits per heavy atom. The van der Waals surface area contributed by atoms with Crippen molar-refractivity contribution in [2.75, 3.05) is 0 Å². The normalized spacial score (nSPS) is 11.0. The standard InChI is InChI=1S/C30H58O4/c1-3-5-7-9-11-13-15-16-18-20-22-24-26-28-30(32)34-33-29(31)27-25-23-21-19-17-14-12-10-8-6-4-2/h3-28H2,1-2H3. The Morgan fingerprint density at radius 1 is 0.353 bits per heavy atom. The molecule has 0 atom stereocenters. The van der Waals surface area contributed by atoms with Crippen LogP contribution in [0.3, 0.4) is 0 Å². The Kier molecular flexibility index (Phi) is 27.3. The number of hydrogen-bond donors (Lipinski definition) is 0. The molecule has 0 heterocycles. The Balaban J connectivity index is 3.29. The highest BCUT2D eigenvalue weighted by atomic mass is 17.2. The topological polar surface area (TPSA) is 52.6 Å². The molecule has 4 nitrogen and oxygen atoms in total. The van der Waals surface area contributed by atoms with Crippen molar-refractivity contribution in [2.24, 2.45) is 0 Å². The van der Waals surface area contributed by atoms with Crippen LogP contribution in [0.5, 0.6) is 0 Å². The second kappa shape index (κ2) is 28.2. The Labute approximate surface area is 212 Å². The van der Waals surface area contributed by atoms with Gasteiger partial charge in [0.2, 0.25) is 0 Å². The van der Waals surface area contributed by atoms with E-state index < -0.39 is 11.9 Å². The molecule has 0 aliphatic carbocycles. The number of rotatable bonds is 26. The van der Waals surface area contributed by atoms with Crippen molar-refractivity contribution in [3.8, 4) is 0 Å². The molecule has 34 heavy (non-hydrogen) atoms. The Hall–Kier alpha value is -1.06. The van der Waals surface area contributed by atoms with E-state index in [0.29, 0.717) is 12.8 Å². The second-order valence-corrected chi connectivity index (χ2v) is 10.2. The fourth-order valence-electron chi connectivity index (χ4n) is 4.40. The first kappa shape index (κ1) is 32.9. The maximum atomic E-state index is 11.7. The maximum Gasteiger partial charge on any atom is 0.355 e. The van der Waals surface area contributed by atoms with Gasteiger partial charge in [-0.25, -0.2) is 19.4 Å². The smallest absolute Gasteiger partial charge is 0.247 e. The van der Waals surface area contributed by atoms with Gasteiger partial charge in [0.25, 0.3) is 0 Å². The summed E-state index contributed by atoms with van der Waals surface area (Å²) in [7, 11) is 0. The Bertz CT molecular complexity index is 436. The minimum Gasteiger partial charge on any atom is -0.247 e. The minimum absolute atomic E-state index is 0.336. The molecule has 0 aromatic rings. The average Bonchev–Trinajstić information content (AvgIpc) is 2.84. The van der Waals surface area contributed by atoms with Crippen molar-refractivity contribution in [3.63, 3.8) is 0 Å². The lowest BCUT2D eigenvalue weighted by Crippen LogP contribution is -2.11. The molecule has 0 saturated heterocycles. The zero-order valence-corrected chi connectivity index (χ0v) is 23.0. The van der Waals surface area contributed by atoms with Crippen LogP contribution < -0.4 is 0 Å². The summed E-state index contributed by atoms with van der Waals surface area (Å²) >= 11 is 0. The lowest BCUT2D eigenvalue weighted by atomic mass is 10.0. The summed E-state index contributed by atoms with van der Waals surface area (Å²) in [5.41, 5.74) is 0. The molecule has 0 aromatic heterocycles. The zero-order chi connectivity index (χ0) is 25.0. The molecule has 202 valence electrons. The fraction of sp³-hybridized carbons (Fsp3) is 0.933. The number of hydrogen-bond acceptors (Lipinski definition) is 4. The highest BCUT2D eigenvalue weighted by molar-refractivity contribution is 5.72. The molecule has 0 saturated carbocycles. The first-order chi connectivity index (χ1) is 16.7. The molecule has 0 aromatic carbocycles. The van der Waals surface area contributed by atoms with Crippen molar-refractivity contribution in [3.05, 3.63) is 0 Å². The molecule has 0 fully saturated rings. The van der Waals surface area contributed by atoms with Gasteiger partial charge in [-0.2, -0.15) is 0 Å². The van der Waals surface area contributed by atoms with Gasteiger partial charge in [-0.05, 0) is 12.8 Å². The van der Waals surface area contributed by atoms with E-state index in [4.69, 9.17) is 0 Å². The minimum atomic E-state index is -0.422. The zero-order valence-electron chi connectivity index (χ0n) is 23.0. The number of carbonyl (C=O) groups excluding carboxylic acids is 2. The van der Waals surface area contributed by atoms with Crippen LogP contribution in [0.4, 0.5) is 0 Å². The molecule has 0 rings (SSSR count). The van der Waals surface area contributed by atoms with Crippen molar-refractivity contribution >= 4 is 11.9 Å². The van der Waals surface area contributed by atoms with E-state index in [2.05, 4.69) is 23.6 Å². The lowest BCUT2D eigenvalue weighted by molar-refractivity contribution is -0.259. The molecule has 0 amide bonds. The van der Waals surface area contributed by atoms with Crippen molar-refractivity contribution in [1.82, 2.24) is 0 Å². The summed E-state index contributed by atoms with van der Waals surface area (Å²) in [4.78, 5) is 32.8. The summed E-state index contributed by atoms with van der Waals surface area (Å²) < 4.78 is 0. The molecule has 0 aliphatic rings. The predicted octanol–water partition coefficient (Wildman–Crippen LogP) is 10.2. The van der Waals surface area contributed by atoms with Crippen LogP contribution in [0.25, 0.3) is 0 Å². The number of carbonyl (C=O) groups is 2. The van der Waals surface area contributed by atoms with Gasteiger partial charge in [0.15, 0.2) is 0 Å². The highest BCUT2D eigenvalue weighted by Gasteiger charge is 2.09. The van der Waals surface area contributed by atoms with Crippen LogP contribution in [0.2, 0.25) is 0 Å². The monoisotopic (exact) mass is 482 g/mol. The third kappa shape index (κ3) is 27.2. The quantitative estimate of drug-likeness (QED) is 0.0699.